The van der Waals surface area contributed by atoms with Gasteiger partial charge in [-0.2, -0.15) is 0 Å². The molecule has 5 heteroatoms. The summed E-state index contributed by atoms with van der Waals surface area (Å²) >= 11 is 6.11. The normalized spacial score (nSPS) is 11.5. The van der Waals surface area contributed by atoms with Crippen LogP contribution in [0.15, 0.2) is 48.7 Å². The second kappa shape index (κ2) is 6.37. The number of H-pyrrole nitrogens is 1. The summed E-state index contributed by atoms with van der Waals surface area (Å²) in [6, 6.07) is 12.4. The van der Waals surface area contributed by atoms with Gasteiger partial charge in [0, 0.05) is 33.4 Å². The van der Waals surface area contributed by atoms with Gasteiger partial charge in [-0.25, -0.2) is 0 Å². The third-order valence-corrected chi connectivity index (χ3v) is 4.67. The molecule has 0 spiro atoms. The minimum absolute atomic E-state index is 0.00567. The van der Waals surface area contributed by atoms with Crippen LogP contribution in [-0.2, 0) is 10.2 Å². The third-order valence-electron chi connectivity index (χ3n) is 4.43. The number of aromatic amines is 1. The molecule has 0 radical (unpaired) electrons. The Bertz CT molecular complexity index is 955. The van der Waals surface area contributed by atoms with E-state index in [1.165, 1.54) is 6.92 Å². The fourth-order valence-electron chi connectivity index (χ4n) is 2.81. The maximum absolute atomic E-state index is 12.9. The molecule has 25 heavy (non-hydrogen) atoms. The lowest BCUT2D eigenvalue weighted by molar-refractivity contribution is -0.120. The summed E-state index contributed by atoms with van der Waals surface area (Å²) < 4.78 is 0. The van der Waals surface area contributed by atoms with Gasteiger partial charge in [0.1, 0.15) is 0 Å². The molecule has 2 N–H and O–H groups in total. The minimum Gasteiger partial charge on any atom is -0.361 e. The van der Waals surface area contributed by atoms with Crippen molar-refractivity contribution in [3.63, 3.8) is 0 Å². The average molecular weight is 355 g/mol. The summed E-state index contributed by atoms with van der Waals surface area (Å²) in [4.78, 5) is 27.4. The second-order valence-electron chi connectivity index (χ2n) is 6.60. The van der Waals surface area contributed by atoms with Gasteiger partial charge in [-0.05, 0) is 68.8 Å². The number of aromatic nitrogens is 1. The monoisotopic (exact) mass is 354 g/mol. The third kappa shape index (κ3) is 3.30. The van der Waals surface area contributed by atoms with Crippen molar-refractivity contribution < 1.29 is 9.59 Å². The first kappa shape index (κ1) is 17.2. The number of ketones is 1. The molecule has 0 aliphatic heterocycles. The van der Waals surface area contributed by atoms with Crippen molar-refractivity contribution in [1.29, 1.82) is 0 Å². The number of fused-ring (bicyclic) bond motifs is 1. The topological polar surface area (TPSA) is 62.0 Å². The molecule has 0 bridgehead atoms. The van der Waals surface area contributed by atoms with E-state index in [2.05, 4.69) is 10.3 Å². The number of carbonyl (C=O) groups excluding carboxylic acids is 2. The number of benzene rings is 2. The Hall–Kier alpha value is -2.59. The van der Waals surface area contributed by atoms with Crippen molar-refractivity contribution in [3.05, 3.63) is 64.8 Å². The fourth-order valence-corrected chi connectivity index (χ4v) is 2.98. The number of carbonyl (C=O) groups is 2. The molecule has 128 valence electrons. The van der Waals surface area contributed by atoms with E-state index in [9.17, 15) is 9.59 Å². The SMILES string of the molecule is CC(=O)c1ccc(NC(=O)C(C)(C)c2c[nH]c3ccc(Cl)cc23)cc1. The van der Waals surface area contributed by atoms with E-state index in [4.69, 9.17) is 11.6 Å². The van der Waals surface area contributed by atoms with Crippen molar-refractivity contribution in [3.8, 4) is 0 Å². The van der Waals surface area contributed by atoms with Crippen LogP contribution in [0.4, 0.5) is 5.69 Å². The maximum Gasteiger partial charge on any atom is 0.234 e. The van der Waals surface area contributed by atoms with Crippen molar-refractivity contribution in [2.24, 2.45) is 0 Å². The highest BCUT2D eigenvalue weighted by atomic mass is 35.5. The molecule has 0 saturated heterocycles. The van der Waals surface area contributed by atoms with Crippen LogP contribution in [0.1, 0.15) is 36.7 Å². The molecule has 0 fully saturated rings. The standard InChI is InChI=1S/C20H19ClN2O2/c1-12(24)13-4-7-15(8-5-13)23-19(25)20(2,3)17-11-22-18-9-6-14(21)10-16(17)18/h4-11,22H,1-3H3,(H,23,25). The highest BCUT2D eigenvalue weighted by Crippen LogP contribution is 2.33. The Morgan fingerprint density at radius 3 is 2.40 bits per heavy atom. The predicted octanol–water partition coefficient (Wildman–Crippen LogP) is 4.94. The van der Waals surface area contributed by atoms with E-state index < -0.39 is 5.41 Å². The van der Waals surface area contributed by atoms with Crippen LogP contribution < -0.4 is 5.32 Å². The Kier molecular flexibility index (Phi) is 4.39. The fraction of sp³-hybridized carbons (Fsp3) is 0.200. The average Bonchev–Trinajstić information content (AvgIpc) is 2.98. The van der Waals surface area contributed by atoms with Gasteiger partial charge in [0.25, 0.3) is 0 Å². The zero-order valence-electron chi connectivity index (χ0n) is 14.3. The van der Waals surface area contributed by atoms with Gasteiger partial charge in [0.15, 0.2) is 5.78 Å². The Balaban J connectivity index is 1.89. The molecular weight excluding hydrogens is 336 g/mol. The van der Waals surface area contributed by atoms with Crippen LogP contribution >= 0.6 is 11.6 Å². The predicted molar refractivity (Wildman–Crippen MR) is 101 cm³/mol. The molecule has 0 aliphatic carbocycles. The van der Waals surface area contributed by atoms with E-state index in [1.807, 2.05) is 38.2 Å². The summed E-state index contributed by atoms with van der Waals surface area (Å²) in [5.74, 6) is -0.141. The van der Waals surface area contributed by atoms with E-state index in [-0.39, 0.29) is 11.7 Å². The molecule has 0 saturated carbocycles. The summed E-state index contributed by atoms with van der Waals surface area (Å²) in [6.45, 7) is 5.25. The summed E-state index contributed by atoms with van der Waals surface area (Å²) in [5.41, 5.74) is 2.32. The maximum atomic E-state index is 12.9. The lowest BCUT2D eigenvalue weighted by atomic mass is 9.83. The van der Waals surface area contributed by atoms with Gasteiger partial charge in [0.2, 0.25) is 5.91 Å². The molecule has 1 aromatic heterocycles. The number of hydrogen-bond acceptors (Lipinski definition) is 2. The Morgan fingerprint density at radius 2 is 1.76 bits per heavy atom. The van der Waals surface area contributed by atoms with Crippen LogP contribution in [0.5, 0.6) is 0 Å². The highest BCUT2D eigenvalue weighted by molar-refractivity contribution is 6.31. The molecule has 3 aromatic rings. The first-order valence-corrected chi connectivity index (χ1v) is 8.36. The molecule has 0 unspecified atom stereocenters. The van der Waals surface area contributed by atoms with Gasteiger partial charge in [-0.1, -0.05) is 11.6 Å². The first-order chi connectivity index (χ1) is 11.8. The summed E-state index contributed by atoms with van der Waals surface area (Å²) in [5, 5.41) is 4.48. The lowest BCUT2D eigenvalue weighted by Gasteiger charge is -2.23. The summed E-state index contributed by atoms with van der Waals surface area (Å²) in [6.07, 6.45) is 1.85. The summed E-state index contributed by atoms with van der Waals surface area (Å²) in [7, 11) is 0. The van der Waals surface area contributed by atoms with Crippen molar-refractivity contribution in [2.75, 3.05) is 5.32 Å². The number of hydrogen-bond donors (Lipinski definition) is 2. The second-order valence-corrected chi connectivity index (χ2v) is 7.04. The van der Waals surface area contributed by atoms with Crippen LogP contribution in [0.3, 0.4) is 0 Å². The van der Waals surface area contributed by atoms with Gasteiger partial charge >= 0.3 is 0 Å². The molecule has 1 heterocycles. The largest absolute Gasteiger partial charge is 0.361 e. The van der Waals surface area contributed by atoms with Gasteiger partial charge < -0.3 is 10.3 Å². The van der Waals surface area contributed by atoms with Crippen LogP contribution in [-0.4, -0.2) is 16.7 Å². The molecule has 2 aromatic carbocycles. The number of anilines is 1. The van der Waals surface area contributed by atoms with Gasteiger partial charge in [-0.3, -0.25) is 9.59 Å². The number of halogens is 1. The molecule has 1 amide bonds. The smallest absolute Gasteiger partial charge is 0.234 e. The molecule has 0 aliphatic rings. The molecule has 4 nitrogen and oxygen atoms in total. The van der Waals surface area contributed by atoms with Crippen molar-refractivity contribution in [1.82, 2.24) is 4.98 Å². The van der Waals surface area contributed by atoms with Gasteiger partial charge in [0.05, 0.1) is 5.41 Å². The van der Waals surface area contributed by atoms with Crippen LogP contribution in [0, 0.1) is 0 Å². The molecule has 0 atom stereocenters. The Morgan fingerprint density at radius 1 is 1.08 bits per heavy atom. The van der Waals surface area contributed by atoms with E-state index in [0.717, 1.165) is 16.5 Å². The van der Waals surface area contributed by atoms with Gasteiger partial charge in [-0.15, -0.1) is 0 Å². The van der Waals surface area contributed by atoms with Crippen LogP contribution in [0.2, 0.25) is 5.02 Å². The highest BCUT2D eigenvalue weighted by Gasteiger charge is 2.32. The van der Waals surface area contributed by atoms with E-state index in [1.54, 1.807) is 24.3 Å². The van der Waals surface area contributed by atoms with E-state index in [0.29, 0.717) is 16.3 Å². The first-order valence-electron chi connectivity index (χ1n) is 7.98. The molecular formula is C20H19ClN2O2. The number of nitrogens with one attached hydrogen (secondary N) is 2. The molecule has 3 rings (SSSR count). The Labute approximate surface area is 151 Å². The number of amides is 1. The minimum atomic E-state index is -0.762. The number of rotatable bonds is 4. The van der Waals surface area contributed by atoms with E-state index >= 15 is 0 Å². The zero-order chi connectivity index (χ0) is 18.2. The lowest BCUT2D eigenvalue weighted by Crippen LogP contribution is -2.34. The van der Waals surface area contributed by atoms with Crippen molar-refractivity contribution in [2.45, 2.75) is 26.2 Å². The van der Waals surface area contributed by atoms with Crippen LogP contribution in [0.25, 0.3) is 10.9 Å². The van der Waals surface area contributed by atoms with Crippen molar-refractivity contribution >= 4 is 39.9 Å². The zero-order valence-corrected chi connectivity index (χ0v) is 15.1. The number of Topliss-reactive ketones (excluding diaryl/α,β-unsaturated/α-hetero) is 1. The quantitative estimate of drug-likeness (QED) is 0.652.